The fourth-order valence-electron chi connectivity index (χ4n) is 2.49. The Kier molecular flexibility index (Phi) is 5.47. The molecule has 1 N–H and O–H groups in total. The molecule has 2 atom stereocenters. The van der Waals surface area contributed by atoms with Gasteiger partial charge >= 0.3 is 5.97 Å². The van der Waals surface area contributed by atoms with Gasteiger partial charge in [0, 0.05) is 8.82 Å². The molecule has 0 radical (unpaired) electrons. The van der Waals surface area contributed by atoms with Crippen LogP contribution in [0.1, 0.15) is 56.6 Å². The van der Waals surface area contributed by atoms with Crippen LogP contribution in [0.25, 0.3) is 0 Å². The summed E-state index contributed by atoms with van der Waals surface area (Å²) in [5.74, 6) is -0.947. The highest BCUT2D eigenvalue weighted by Gasteiger charge is 2.26. The summed E-state index contributed by atoms with van der Waals surface area (Å²) in [6.45, 7) is 9.94. The molecule has 0 aromatic rings. The van der Waals surface area contributed by atoms with Crippen molar-refractivity contribution in [3.05, 3.63) is 58.7 Å². The van der Waals surface area contributed by atoms with Gasteiger partial charge < -0.3 is 5.11 Å². The average molecular weight is 302 g/mol. The number of carboxylic acids is 1. The molecular formula is C20H28O2. The lowest BCUT2D eigenvalue weighted by molar-refractivity contribution is -0.131. The molecule has 0 saturated carbocycles. The predicted octanol–water partition coefficient (Wildman–Crippen LogP) is 5.60. The lowest BCUT2D eigenvalue weighted by Crippen LogP contribution is -2.19. The second-order valence-electron chi connectivity index (χ2n) is 6.42. The van der Waals surface area contributed by atoms with Crippen molar-refractivity contribution in [3.63, 3.8) is 0 Å². The molecule has 2 unspecified atom stereocenters. The summed E-state index contributed by atoms with van der Waals surface area (Å²) in [6.07, 6.45) is 10.6. The van der Waals surface area contributed by atoms with Crippen molar-refractivity contribution in [2.75, 3.05) is 0 Å². The number of aliphatic carboxylic acids is 1. The van der Waals surface area contributed by atoms with E-state index in [9.17, 15) is 4.79 Å². The first-order valence-corrected chi connectivity index (χ1v) is 7.54. The van der Waals surface area contributed by atoms with Gasteiger partial charge in [0.25, 0.3) is 0 Å². The van der Waals surface area contributed by atoms with E-state index in [0.29, 0.717) is 12.0 Å². The van der Waals surface area contributed by atoms with Crippen LogP contribution in [-0.2, 0) is 4.79 Å². The molecule has 2 heteroatoms. The van der Waals surface area contributed by atoms with Crippen molar-refractivity contribution < 1.29 is 12.6 Å². The summed E-state index contributed by atoms with van der Waals surface area (Å²) in [7, 11) is 0. The topological polar surface area (TPSA) is 37.3 Å². The third-order valence-corrected chi connectivity index (χ3v) is 3.73. The summed E-state index contributed by atoms with van der Waals surface area (Å²) in [5.41, 5.74) is 3.75. The van der Waals surface area contributed by atoms with Gasteiger partial charge in [-0.1, -0.05) is 55.4 Å². The molecule has 0 heterocycles. The number of carboxylic acid groups (broad SMARTS) is 1. The van der Waals surface area contributed by atoms with E-state index in [1.54, 1.807) is 13.0 Å². The monoisotopic (exact) mass is 302 g/mol. The van der Waals surface area contributed by atoms with Gasteiger partial charge in [0.2, 0.25) is 0 Å². The quantitative estimate of drug-likeness (QED) is 0.530. The van der Waals surface area contributed by atoms with Crippen LogP contribution in [0.5, 0.6) is 0 Å². The molecular weight excluding hydrogens is 272 g/mol. The van der Waals surface area contributed by atoms with E-state index in [1.807, 2.05) is 32.1 Å². The van der Waals surface area contributed by atoms with Gasteiger partial charge in [-0.05, 0) is 56.5 Å². The van der Waals surface area contributed by atoms with Crippen LogP contribution in [0.2, 0.25) is 0 Å². The highest BCUT2D eigenvalue weighted by molar-refractivity contribution is 5.81. The molecule has 0 fully saturated rings. The van der Waals surface area contributed by atoms with Gasteiger partial charge in [-0.3, -0.25) is 0 Å². The van der Waals surface area contributed by atoms with E-state index in [0.717, 1.165) is 16.7 Å². The molecule has 0 aliphatic heterocycles. The molecule has 1 rings (SSSR count). The van der Waals surface area contributed by atoms with Crippen LogP contribution >= 0.6 is 0 Å². The Morgan fingerprint density at radius 3 is 2.59 bits per heavy atom. The van der Waals surface area contributed by atoms with Crippen molar-refractivity contribution in [2.24, 2.45) is 5.41 Å². The smallest absolute Gasteiger partial charge is 0.328 e. The first kappa shape index (κ1) is 15.1. The average Bonchev–Trinajstić information content (AvgIpc) is 2.43. The van der Waals surface area contributed by atoms with E-state index in [2.05, 4.69) is 19.9 Å². The molecule has 22 heavy (non-hydrogen) atoms. The summed E-state index contributed by atoms with van der Waals surface area (Å²) in [5, 5.41) is 8.66. The second kappa shape index (κ2) is 7.98. The first-order valence-electron chi connectivity index (χ1n) is 8.70. The molecule has 1 aliphatic rings. The van der Waals surface area contributed by atoms with Gasteiger partial charge in [-0.25, -0.2) is 4.79 Å². The normalized spacial score (nSPS) is 28.2. The third kappa shape index (κ3) is 5.88. The highest BCUT2D eigenvalue weighted by atomic mass is 16.4. The number of rotatable bonds is 5. The van der Waals surface area contributed by atoms with Crippen molar-refractivity contribution >= 4 is 5.97 Å². The fraction of sp³-hybridized carbons (Fsp3) is 0.450. The van der Waals surface area contributed by atoms with E-state index < -0.39 is 12.4 Å². The van der Waals surface area contributed by atoms with E-state index in [1.165, 1.54) is 6.08 Å². The SMILES string of the molecule is [2H]C1CC(C)(C)C(/C=C/C(C)=C\C=C\C(C)=C\C(=O)O)=C(C)C1[2H]. The largest absolute Gasteiger partial charge is 0.478 e. The van der Waals surface area contributed by atoms with Gasteiger partial charge in [-0.15, -0.1) is 0 Å². The molecule has 0 aromatic carbocycles. The molecule has 0 aromatic heterocycles. The van der Waals surface area contributed by atoms with E-state index in [-0.39, 0.29) is 11.8 Å². The van der Waals surface area contributed by atoms with Gasteiger partial charge in [0.05, 0.1) is 0 Å². The molecule has 0 spiro atoms. The van der Waals surface area contributed by atoms with E-state index in [4.69, 9.17) is 7.85 Å². The zero-order chi connectivity index (χ0) is 18.5. The number of hydrogen-bond acceptors (Lipinski definition) is 1. The Labute approximate surface area is 137 Å². The van der Waals surface area contributed by atoms with Crippen LogP contribution in [0.3, 0.4) is 0 Å². The zero-order valence-corrected chi connectivity index (χ0v) is 14.2. The maximum absolute atomic E-state index is 10.6. The zero-order valence-electron chi connectivity index (χ0n) is 16.2. The van der Waals surface area contributed by atoms with Crippen molar-refractivity contribution in [1.29, 1.82) is 0 Å². The molecule has 1 aliphatic carbocycles. The fourth-order valence-corrected chi connectivity index (χ4v) is 2.49. The van der Waals surface area contributed by atoms with Gasteiger partial charge in [0.1, 0.15) is 0 Å². The molecule has 2 nitrogen and oxygen atoms in total. The summed E-state index contributed by atoms with van der Waals surface area (Å²) in [4.78, 5) is 10.6. The molecule has 0 bridgehead atoms. The molecule has 0 saturated heterocycles. The minimum absolute atomic E-state index is 0.0958. The van der Waals surface area contributed by atoms with Crippen LogP contribution in [0.15, 0.2) is 58.7 Å². The van der Waals surface area contributed by atoms with Gasteiger partial charge in [-0.2, -0.15) is 0 Å². The standard InChI is InChI=1S/C20H28O2/c1-15(8-6-9-16(2)14-19(21)22)11-12-18-17(3)10-7-13-20(18,4)5/h6,8-9,11-12,14H,7,10,13H2,1-5H3,(H,21,22)/b9-6+,12-11+,15-8-,16-14+/i7D,10D. The van der Waals surface area contributed by atoms with E-state index >= 15 is 0 Å². The minimum atomic E-state index is -0.947. The third-order valence-electron chi connectivity index (χ3n) is 3.73. The predicted molar refractivity (Wildman–Crippen MR) is 93.8 cm³/mol. The Morgan fingerprint density at radius 2 is 1.95 bits per heavy atom. The highest BCUT2D eigenvalue weighted by Crippen LogP contribution is 2.40. The Bertz CT molecular complexity index is 634. The van der Waals surface area contributed by atoms with Crippen LogP contribution in [-0.4, -0.2) is 11.1 Å². The lowest BCUT2D eigenvalue weighted by Gasteiger charge is -2.32. The van der Waals surface area contributed by atoms with Gasteiger partial charge in [0.15, 0.2) is 0 Å². The van der Waals surface area contributed by atoms with Crippen molar-refractivity contribution in [2.45, 2.75) is 53.8 Å². The number of carbonyl (C=O) groups is 1. The molecule has 0 amide bonds. The Morgan fingerprint density at radius 1 is 1.27 bits per heavy atom. The van der Waals surface area contributed by atoms with Crippen molar-refractivity contribution in [3.8, 4) is 0 Å². The van der Waals surface area contributed by atoms with Crippen LogP contribution < -0.4 is 0 Å². The van der Waals surface area contributed by atoms with Crippen LogP contribution in [0, 0.1) is 5.41 Å². The Balaban J connectivity index is 2.93. The minimum Gasteiger partial charge on any atom is -0.478 e. The lowest BCUT2D eigenvalue weighted by atomic mass is 9.72. The summed E-state index contributed by atoms with van der Waals surface area (Å²) >= 11 is 0. The number of hydrogen-bond donors (Lipinski definition) is 1. The second-order valence-corrected chi connectivity index (χ2v) is 6.42. The summed E-state index contributed by atoms with van der Waals surface area (Å²) in [6, 6.07) is 0. The van der Waals surface area contributed by atoms with Crippen molar-refractivity contribution in [1.82, 2.24) is 0 Å². The Hall–Kier alpha value is -1.83. The maximum atomic E-state index is 10.6. The van der Waals surface area contributed by atoms with Crippen LogP contribution in [0.4, 0.5) is 0 Å². The summed E-state index contributed by atoms with van der Waals surface area (Å²) < 4.78 is 16.2. The number of allylic oxidation sites excluding steroid dienone is 9. The first-order chi connectivity index (χ1) is 11.0. The maximum Gasteiger partial charge on any atom is 0.328 e. The molecule has 120 valence electrons.